The third kappa shape index (κ3) is 5.20. The largest absolute Gasteiger partial charge is 0.495 e. The van der Waals surface area contributed by atoms with Crippen molar-refractivity contribution in [3.63, 3.8) is 0 Å². The second-order valence-corrected chi connectivity index (χ2v) is 6.86. The number of carbonyl (C=O) groups is 1. The number of para-hydroxylation sites is 2. The molecule has 1 aromatic heterocycles. The lowest BCUT2D eigenvalue weighted by Crippen LogP contribution is -2.50. The SMILES string of the molecule is COc1ccccc1N1CCN(CC(=O)N(C)CCc2ccncc2)CC1. The van der Waals surface area contributed by atoms with Crippen LogP contribution in [-0.2, 0) is 11.2 Å². The number of hydrogen-bond acceptors (Lipinski definition) is 5. The number of pyridine rings is 1. The number of piperazine rings is 1. The van der Waals surface area contributed by atoms with Crippen molar-refractivity contribution in [1.82, 2.24) is 14.8 Å². The summed E-state index contributed by atoms with van der Waals surface area (Å²) in [6, 6.07) is 12.1. The highest BCUT2D eigenvalue weighted by molar-refractivity contribution is 5.78. The molecule has 3 rings (SSSR count). The van der Waals surface area contributed by atoms with Crippen molar-refractivity contribution in [2.75, 3.05) is 58.3 Å². The van der Waals surface area contributed by atoms with Crippen LogP contribution in [0.25, 0.3) is 0 Å². The number of ether oxygens (including phenoxy) is 1. The first kappa shape index (κ1) is 19.2. The van der Waals surface area contributed by atoms with E-state index in [0.29, 0.717) is 6.54 Å². The van der Waals surface area contributed by atoms with Crippen LogP contribution in [0.15, 0.2) is 48.8 Å². The summed E-state index contributed by atoms with van der Waals surface area (Å²) in [4.78, 5) is 22.9. The van der Waals surface area contributed by atoms with Gasteiger partial charge in [-0.25, -0.2) is 0 Å². The summed E-state index contributed by atoms with van der Waals surface area (Å²) >= 11 is 0. The molecule has 27 heavy (non-hydrogen) atoms. The predicted molar refractivity (Wildman–Crippen MR) is 107 cm³/mol. The van der Waals surface area contributed by atoms with E-state index in [-0.39, 0.29) is 5.91 Å². The maximum Gasteiger partial charge on any atom is 0.236 e. The van der Waals surface area contributed by atoms with E-state index >= 15 is 0 Å². The molecule has 0 bridgehead atoms. The number of benzene rings is 1. The Hall–Kier alpha value is -2.60. The summed E-state index contributed by atoms with van der Waals surface area (Å²) in [6.45, 7) is 4.75. The lowest BCUT2D eigenvalue weighted by molar-refractivity contribution is -0.131. The quantitative estimate of drug-likeness (QED) is 0.747. The minimum absolute atomic E-state index is 0.176. The number of methoxy groups -OCH3 is 1. The van der Waals surface area contributed by atoms with Crippen LogP contribution in [0.5, 0.6) is 5.75 Å². The molecule has 0 spiro atoms. The number of nitrogens with zero attached hydrogens (tertiary/aromatic N) is 4. The Bertz CT molecular complexity index is 730. The molecule has 0 unspecified atom stereocenters. The standard InChI is InChI=1S/C21H28N4O2/c1-23(12-9-18-7-10-22-11-8-18)21(26)17-24-13-15-25(16-14-24)19-5-3-4-6-20(19)27-2/h3-8,10-11H,9,12-17H2,1-2H3. The minimum Gasteiger partial charge on any atom is -0.495 e. The molecule has 144 valence electrons. The molecule has 1 aliphatic heterocycles. The van der Waals surface area contributed by atoms with Crippen LogP contribution in [0.3, 0.4) is 0 Å². The molecule has 1 aliphatic rings. The van der Waals surface area contributed by atoms with Crippen LogP contribution in [-0.4, -0.2) is 74.1 Å². The second-order valence-electron chi connectivity index (χ2n) is 6.86. The average Bonchev–Trinajstić information content (AvgIpc) is 2.73. The fourth-order valence-corrected chi connectivity index (χ4v) is 3.32. The van der Waals surface area contributed by atoms with Crippen molar-refractivity contribution < 1.29 is 9.53 Å². The molecule has 2 heterocycles. The highest BCUT2D eigenvalue weighted by Crippen LogP contribution is 2.28. The maximum absolute atomic E-state index is 12.5. The molecule has 1 amide bonds. The molecule has 1 aromatic carbocycles. The molecule has 1 saturated heterocycles. The first-order valence-corrected chi connectivity index (χ1v) is 9.40. The first-order chi connectivity index (χ1) is 13.2. The van der Waals surface area contributed by atoms with Crippen LogP contribution >= 0.6 is 0 Å². The first-order valence-electron chi connectivity index (χ1n) is 9.40. The summed E-state index contributed by atoms with van der Waals surface area (Å²) in [5.74, 6) is 1.08. The van der Waals surface area contributed by atoms with Crippen LogP contribution in [0.1, 0.15) is 5.56 Å². The number of hydrogen-bond donors (Lipinski definition) is 0. The van der Waals surface area contributed by atoms with Crippen molar-refractivity contribution in [3.8, 4) is 5.75 Å². The smallest absolute Gasteiger partial charge is 0.236 e. The molecular formula is C21H28N4O2. The van der Waals surface area contributed by atoms with Crippen LogP contribution < -0.4 is 9.64 Å². The van der Waals surface area contributed by atoms with Gasteiger partial charge in [-0.3, -0.25) is 14.7 Å². The molecule has 1 fully saturated rings. The lowest BCUT2D eigenvalue weighted by Gasteiger charge is -2.36. The van der Waals surface area contributed by atoms with Gasteiger partial charge in [-0.2, -0.15) is 0 Å². The molecular weight excluding hydrogens is 340 g/mol. The molecule has 0 N–H and O–H groups in total. The molecule has 0 atom stereocenters. The van der Waals surface area contributed by atoms with Crippen molar-refractivity contribution in [1.29, 1.82) is 0 Å². The van der Waals surface area contributed by atoms with E-state index in [4.69, 9.17) is 4.74 Å². The summed E-state index contributed by atoms with van der Waals surface area (Å²) < 4.78 is 5.46. The maximum atomic E-state index is 12.5. The summed E-state index contributed by atoms with van der Waals surface area (Å²) in [7, 11) is 3.59. The zero-order chi connectivity index (χ0) is 19.1. The normalized spacial score (nSPS) is 14.8. The van der Waals surface area contributed by atoms with Crippen molar-refractivity contribution in [3.05, 3.63) is 54.4 Å². The molecule has 0 aliphatic carbocycles. The number of likely N-dealkylation sites (N-methyl/N-ethyl adjacent to an activating group) is 1. The van der Waals surface area contributed by atoms with E-state index in [0.717, 1.165) is 50.6 Å². The Morgan fingerprint density at radius 1 is 1.11 bits per heavy atom. The number of rotatable bonds is 7. The van der Waals surface area contributed by atoms with Crippen molar-refractivity contribution in [2.45, 2.75) is 6.42 Å². The number of amides is 1. The fraction of sp³-hybridized carbons (Fsp3) is 0.429. The molecule has 6 heteroatoms. The Morgan fingerprint density at radius 3 is 2.52 bits per heavy atom. The number of aromatic nitrogens is 1. The van der Waals surface area contributed by atoms with E-state index in [1.54, 1.807) is 19.5 Å². The van der Waals surface area contributed by atoms with Crippen LogP contribution in [0.4, 0.5) is 5.69 Å². The van der Waals surface area contributed by atoms with E-state index in [1.165, 1.54) is 5.56 Å². The fourth-order valence-electron chi connectivity index (χ4n) is 3.32. The Morgan fingerprint density at radius 2 is 1.81 bits per heavy atom. The number of carbonyl (C=O) groups excluding carboxylic acids is 1. The Balaban J connectivity index is 1.45. The van der Waals surface area contributed by atoms with Gasteiger partial charge in [-0.15, -0.1) is 0 Å². The van der Waals surface area contributed by atoms with Gasteiger partial charge in [0.05, 0.1) is 19.3 Å². The van der Waals surface area contributed by atoms with Gasteiger partial charge in [0.15, 0.2) is 0 Å². The second kappa shape index (κ2) is 9.37. The highest BCUT2D eigenvalue weighted by Gasteiger charge is 2.22. The van der Waals surface area contributed by atoms with Crippen molar-refractivity contribution in [2.24, 2.45) is 0 Å². The van der Waals surface area contributed by atoms with Gasteiger partial charge in [-0.1, -0.05) is 12.1 Å². The van der Waals surface area contributed by atoms with Gasteiger partial charge < -0.3 is 14.5 Å². The lowest BCUT2D eigenvalue weighted by atomic mass is 10.2. The van der Waals surface area contributed by atoms with E-state index in [9.17, 15) is 4.79 Å². The van der Waals surface area contributed by atoms with Gasteiger partial charge in [0.2, 0.25) is 5.91 Å². The molecule has 0 saturated carbocycles. The molecule has 6 nitrogen and oxygen atoms in total. The molecule has 0 radical (unpaired) electrons. The zero-order valence-electron chi connectivity index (χ0n) is 16.2. The minimum atomic E-state index is 0.176. The zero-order valence-corrected chi connectivity index (χ0v) is 16.2. The van der Waals surface area contributed by atoms with Gasteiger partial charge in [0, 0.05) is 52.2 Å². The predicted octanol–water partition coefficient (Wildman–Crippen LogP) is 1.91. The van der Waals surface area contributed by atoms with Gasteiger partial charge in [0.1, 0.15) is 5.75 Å². The van der Waals surface area contributed by atoms with Gasteiger partial charge in [0.25, 0.3) is 0 Å². The topological polar surface area (TPSA) is 48.9 Å². The van der Waals surface area contributed by atoms with Crippen LogP contribution in [0, 0.1) is 0 Å². The van der Waals surface area contributed by atoms with Crippen LogP contribution in [0.2, 0.25) is 0 Å². The third-order valence-corrected chi connectivity index (χ3v) is 5.07. The summed E-state index contributed by atoms with van der Waals surface area (Å²) in [6.07, 6.45) is 4.43. The average molecular weight is 368 g/mol. The highest BCUT2D eigenvalue weighted by atomic mass is 16.5. The Labute approximate surface area is 161 Å². The number of anilines is 1. The monoisotopic (exact) mass is 368 g/mol. The summed E-state index contributed by atoms with van der Waals surface area (Å²) in [5, 5.41) is 0. The van der Waals surface area contributed by atoms with E-state index in [2.05, 4.69) is 20.9 Å². The van der Waals surface area contributed by atoms with Gasteiger partial charge >= 0.3 is 0 Å². The van der Waals surface area contributed by atoms with Gasteiger partial charge in [-0.05, 0) is 36.2 Å². The third-order valence-electron chi connectivity index (χ3n) is 5.07. The molecule has 2 aromatic rings. The van der Waals surface area contributed by atoms with Crippen molar-refractivity contribution >= 4 is 11.6 Å². The summed E-state index contributed by atoms with van der Waals surface area (Å²) in [5.41, 5.74) is 2.33. The van der Waals surface area contributed by atoms with E-state index < -0.39 is 0 Å². The van der Waals surface area contributed by atoms with E-state index in [1.807, 2.05) is 42.3 Å². The Kier molecular flexibility index (Phi) is 6.65.